The van der Waals surface area contributed by atoms with Gasteiger partial charge in [0.15, 0.2) is 0 Å². The van der Waals surface area contributed by atoms with Gasteiger partial charge >= 0.3 is 0 Å². The molecule has 0 aromatic heterocycles. The lowest BCUT2D eigenvalue weighted by molar-refractivity contribution is -0.126. The smallest absolute Gasteiger partial charge is 0.230 e. The van der Waals surface area contributed by atoms with Gasteiger partial charge in [0, 0.05) is 25.4 Å². The van der Waals surface area contributed by atoms with E-state index in [1.807, 2.05) is 23.1 Å². The van der Waals surface area contributed by atoms with Crippen LogP contribution in [0.25, 0.3) is 0 Å². The summed E-state index contributed by atoms with van der Waals surface area (Å²) < 4.78 is 5.52. The first-order chi connectivity index (χ1) is 11.7. The second-order valence-electron chi connectivity index (χ2n) is 7.05. The van der Waals surface area contributed by atoms with Gasteiger partial charge in [0.25, 0.3) is 0 Å². The Balaban J connectivity index is 1.34. The fraction of sp³-hybridized carbons (Fsp3) is 0.579. The van der Waals surface area contributed by atoms with Crippen LogP contribution < -0.4 is 10.2 Å². The van der Waals surface area contributed by atoms with E-state index in [9.17, 15) is 9.59 Å². The van der Waals surface area contributed by atoms with E-state index in [0.29, 0.717) is 13.0 Å². The minimum absolute atomic E-state index is 0.00847. The number of anilines is 1. The molecule has 0 radical (unpaired) electrons. The van der Waals surface area contributed by atoms with Crippen LogP contribution in [0.2, 0.25) is 0 Å². The number of para-hydroxylation sites is 1. The van der Waals surface area contributed by atoms with Crippen molar-refractivity contribution in [3.05, 3.63) is 29.8 Å². The number of carbonyl (C=O) groups is 2. The normalized spacial score (nSPS) is 28.3. The summed E-state index contributed by atoms with van der Waals surface area (Å²) in [5.41, 5.74) is 2.26. The standard InChI is InChI=1S/C19H24N2O3/c22-18(20-12-14-7-4-10-24-14)15-11-16(15)19(23)21-9-3-6-13-5-1-2-8-17(13)21/h1-2,5,8,14-16H,3-4,6-7,9-12H2,(H,20,22). The van der Waals surface area contributed by atoms with Crippen molar-refractivity contribution in [2.45, 2.75) is 38.2 Å². The zero-order valence-electron chi connectivity index (χ0n) is 13.9. The first-order valence-electron chi connectivity index (χ1n) is 9.02. The molecule has 24 heavy (non-hydrogen) atoms. The van der Waals surface area contributed by atoms with Gasteiger partial charge in [0.2, 0.25) is 11.8 Å². The fourth-order valence-corrected chi connectivity index (χ4v) is 3.87. The van der Waals surface area contributed by atoms with E-state index < -0.39 is 0 Å². The molecule has 3 aliphatic rings. The molecule has 128 valence electrons. The van der Waals surface area contributed by atoms with E-state index in [2.05, 4.69) is 11.4 Å². The van der Waals surface area contributed by atoms with Crippen LogP contribution in [0.5, 0.6) is 0 Å². The maximum absolute atomic E-state index is 12.8. The second kappa shape index (κ2) is 6.55. The molecule has 2 heterocycles. The second-order valence-corrected chi connectivity index (χ2v) is 7.05. The van der Waals surface area contributed by atoms with Crippen molar-refractivity contribution in [1.82, 2.24) is 5.32 Å². The minimum Gasteiger partial charge on any atom is -0.376 e. The van der Waals surface area contributed by atoms with Crippen molar-refractivity contribution in [3.8, 4) is 0 Å². The van der Waals surface area contributed by atoms with E-state index in [1.165, 1.54) is 5.56 Å². The Morgan fingerprint density at radius 1 is 1.21 bits per heavy atom. The number of ether oxygens (including phenoxy) is 1. The quantitative estimate of drug-likeness (QED) is 0.918. The third-order valence-electron chi connectivity index (χ3n) is 5.35. The number of benzene rings is 1. The first kappa shape index (κ1) is 15.6. The number of aryl methyl sites for hydroxylation is 1. The number of nitrogens with one attached hydrogen (secondary N) is 1. The van der Waals surface area contributed by atoms with Gasteiger partial charge in [-0.1, -0.05) is 18.2 Å². The van der Waals surface area contributed by atoms with Gasteiger partial charge in [-0.2, -0.15) is 0 Å². The fourth-order valence-electron chi connectivity index (χ4n) is 3.87. The lowest BCUT2D eigenvalue weighted by atomic mass is 10.0. The lowest BCUT2D eigenvalue weighted by Gasteiger charge is -2.29. The molecule has 1 aliphatic carbocycles. The third-order valence-corrected chi connectivity index (χ3v) is 5.35. The van der Waals surface area contributed by atoms with Crippen LogP contribution in [0, 0.1) is 11.8 Å². The summed E-state index contributed by atoms with van der Waals surface area (Å²) in [5, 5.41) is 2.96. The Bertz CT molecular complexity index is 639. The molecule has 4 rings (SSSR count). The molecule has 2 amide bonds. The van der Waals surface area contributed by atoms with Gasteiger partial charge in [-0.25, -0.2) is 0 Å². The predicted molar refractivity (Wildman–Crippen MR) is 90.7 cm³/mol. The molecule has 3 unspecified atom stereocenters. The molecule has 5 nitrogen and oxygen atoms in total. The van der Waals surface area contributed by atoms with Crippen LogP contribution in [0.3, 0.4) is 0 Å². The van der Waals surface area contributed by atoms with Crippen LogP contribution in [0.15, 0.2) is 24.3 Å². The van der Waals surface area contributed by atoms with Crippen LogP contribution >= 0.6 is 0 Å². The van der Waals surface area contributed by atoms with Crippen molar-refractivity contribution in [2.24, 2.45) is 11.8 Å². The van der Waals surface area contributed by atoms with Crippen LogP contribution in [0.4, 0.5) is 5.69 Å². The van der Waals surface area contributed by atoms with Gasteiger partial charge in [-0.05, 0) is 43.7 Å². The van der Waals surface area contributed by atoms with Gasteiger partial charge in [0.05, 0.1) is 17.9 Å². The van der Waals surface area contributed by atoms with Crippen molar-refractivity contribution in [1.29, 1.82) is 0 Å². The molecular formula is C19H24N2O3. The monoisotopic (exact) mass is 328 g/mol. The molecular weight excluding hydrogens is 304 g/mol. The Morgan fingerprint density at radius 3 is 2.92 bits per heavy atom. The minimum atomic E-state index is -0.159. The summed E-state index contributed by atoms with van der Waals surface area (Å²) >= 11 is 0. The molecule has 1 saturated carbocycles. The van der Waals surface area contributed by atoms with Gasteiger partial charge in [-0.15, -0.1) is 0 Å². The molecule has 5 heteroatoms. The van der Waals surface area contributed by atoms with E-state index in [1.54, 1.807) is 0 Å². The number of fused-ring (bicyclic) bond motifs is 1. The average Bonchev–Trinajstić information content (AvgIpc) is 3.25. The number of hydrogen-bond acceptors (Lipinski definition) is 3. The van der Waals surface area contributed by atoms with Crippen molar-refractivity contribution < 1.29 is 14.3 Å². The highest BCUT2D eigenvalue weighted by Crippen LogP contribution is 2.42. The summed E-state index contributed by atoms with van der Waals surface area (Å²) in [7, 11) is 0. The maximum Gasteiger partial charge on any atom is 0.230 e. The molecule has 1 N–H and O–H groups in total. The number of hydrogen-bond donors (Lipinski definition) is 1. The lowest BCUT2D eigenvalue weighted by Crippen LogP contribution is -2.38. The molecule has 0 spiro atoms. The van der Waals surface area contributed by atoms with Crippen molar-refractivity contribution in [3.63, 3.8) is 0 Å². The summed E-state index contributed by atoms with van der Waals surface area (Å²) in [6.07, 6.45) is 4.92. The zero-order chi connectivity index (χ0) is 16.5. The number of carbonyl (C=O) groups excluding carboxylic acids is 2. The van der Waals surface area contributed by atoms with E-state index in [0.717, 1.165) is 44.5 Å². The topological polar surface area (TPSA) is 58.6 Å². The predicted octanol–water partition coefficient (Wildman–Crippen LogP) is 1.90. The SMILES string of the molecule is O=C(NCC1CCCO1)C1CC1C(=O)N1CCCc2ccccc21. The summed E-state index contributed by atoms with van der Waals surface area (Å²) in [5.74, 6) is -0.192. The third kappa shape index (κ3) is 3.05. The number of amides is 2. The molecule has 3 atom stereocenters. The summed E-state index contributed by atoms with van der Waals surface area (Å²) in [6, 6.07) is 8.10. The van der Waals surface area contributed by atoms with E-state index in [4.69, 9.17) is 4.74 Å². The molecule has 0 bridgehead atoms. The molecule has 1 aromatic carbocycles. The summed E-state index contributed by atoms with van der Waals surface area (Å²) in [4.78, 5) is 27.0. The Hall–Kier alpha value is -1.88. The van der Waals surface area contributed by atoms with Gasteiger partial charge in [-0.3, -0.25) is 9.59 Å². The largest absolute Gasteiger partial charge is 0.376 e. The molecule has 2 aliphatic heterocycles. The zero-order valence-corrected chi connectivity index (χ0v) is 13.9. The highest BCUT2D eigenvalue weighted by Gasteiger charge is 2.50. The average molecular weight is 328 g/mol. The Labute approximate surface area is 142 Å². The van der Waals surface area contributed by atoms with E-state index in [-0.39, 0.29) is 29.8 Å². The molecule has 2 fully saturated rings. The van der Waals surface area contributed by atoms with Gasteiger partial charge < -0.3 is 15.0 Å². The highest BCUT2D eigenvalue weighted by molar-refractivity contribution is 6.01. The van der Waals surface area contributed by atoms with Crippen molar-refractivity contribution in [2.75, 3.05) is 24.6 Å². The Morgan fingerprint density at radius 2 is 2.08 bits per heavy atom. The number of nitrogens with zero attached hydrogens (tertiary/aromatic N) is 1. The van der Waals surface area contributed by atoms with Crippen LogP contribution in [0.1, 0.15) is 31.2 Å². The first-order valence-corrected chi connectivity index (χ1v) is 9.02. The summed E-state index contributed by atoms with van der Waals surface area (Å²) in [6.45, 7) is 2.12. The van der Waals surface area contributed by atoms with Crippen molar-refractivity contribution >= 4 is 17.5 Å². The van der Waals surface area contributed by atoms with E-state index >= 15 is 0 Å². The molecule has 1 saturated heterocycles. The highest BCUT2D eigenvalue weighted by atomic mass is 16.5. The maximum atomic E-state index is 12.8. The van der Waals surface area contributed by atoms with Gasteiger partial charge in [0.1, 0.15) is 0 Å². The number of rotatable bonds is 4. The van der Waals surface area contributed by atoms with Crippen LogP contribution in [-0.2, 0) is 20.7 Å². The molecule has 1 aromatic rings. The Kier molecular flexibility index (Phi) is 4.27. The van der Waals surface area contributed by atoms with Crippen LogP contribution in [-0.4, -0.2) is 37.6 Å².